The van der Waals surface area contributed by atoms with Crippen LogP contribution < -0.4 is 5.32 Å². The van der Waals surface area contributed by atoms with Crippen molar-refractivity contribution in [2.75, 3.05) is 31.6 Å². The molecule has 1 saturated heterocycles. The average molecular weight is 277 g/mol. The van der Waals surface area contributed by atoms with Crippen LogP contribution in [0.4, 0.5) is 10.1 Å². The minimum absolute atomic E-state index is 0.325. The van der Waals surface area contributed by atoms with E-state index in [9.17, 15) is 4.39 Å². The summed E-state index contributed by atoms with van der Waals surface area (Å²) < 4.78 is 18.5. The van der Waals surface area contributed by atoms with Gasteiger partial charge in [0.25, 0.3) is 0 Å². The number of ether oxygens (including phenoxy) is 1. The van der Waals surface area contributed by atoms with Crippen molar-refractivity contribution >= 4 is 5.69 Å². The lowest BCUT2D eigenvalue weighted by atomic mass is 10.1. The topological polar surface area (TPSA) is 48.3 Å². The van der Waals surface area contributed by atoms with Gasteiger partial charge in [-0.15, -0.1) is 0 Å². The number of hydrogen-bond donors (Lipinski definition) is 1. The third-order valence-electron chi connectivity index (χ3n) is 3.68. The van der Waals surface area contributed by atoms with Crippen LogP contribution in [0.2, 0.25) is 0 Å². The largest absolute Gasteiger partial charge is 0.382 e. The van der Waals surface area contributed by atoms with Gasteiger partial charge in [-0.05, 0) is 32.0 Å². The highest BCUT2D eigenvalue weighted by Gasteiger charge is 2.23. The zero-order chi connectivity index (χ0) is 14.5. The van der Waals surface area contributed by atoms with Gasteiger partial charge in [0.1, 0.15) is 11.9 Å². The monoisotopic (exact) mass is 277 g/mol. The standard InChI is InChI=1S/C15H20FN3O/c1-11(19-5-6-20-10-12(19)2)9-18-15-4-3-14(16)7-13(15)8-17/h3-4,7,11-12,18H,5-6,9-10H2,1-2H3. The molecule has 2 atom stereocenters. The lowest BCUT2D eigenvalue weighted by Gasteiger charge is -2.38. The van der Waals surface area contributed by atoms with Crippen molar-refractivity contribution in [2.45, 2.75) is 25.9 Å². The first-order valence-electron chi connectivity index (χ1n) is 6.89. The number of benzene rings is 1. The SMILES string of the molecule is CC(CNc1ccc(F)cc1C#N)N1CCOCC1C. The first-order valence-corrected chi connectivity index (χ1v) is 6.89. The summed E-state index contributed by atoms with van der Waals surface area (Å²) in [5.74, 6) is -0.387. The maximum Gasteiger partial charge on any atom is 0.124 e. The van der Waals surface area contributed by atoms with Gasteiger partial charge in [-0.2, -0.15) is 5.26 Å². The number of hydrogen-bond acceptors (Lipinski definition) is 4. The van der Waals surface area contributed by atoms with Crippen LogP contribution in [-0.2, 0) is 4.74 Å². The summed E-state index contributed by atoms with van der Waals surface area (Å²) >= 11 is 0. The highest BCUT2D eigenvalue weighted by Crippen LogP contribution is 2.17. The number of halogens is 1. The normalized spacial score (nSPS) is 21.2. The van der Waals surface area contributed by atoms with Gasteiger partial charge in [0.05, 0.1) is 24.5 Å². The molecule has 2 unspecified atom stereocenters. The summed E-state index contributed by atoms with van der Waals surface area (Å²) in [6.07, 6.45) is 0. The van der Waals surface area contributed by atoms with E-state index in [2.05, 4.69) is 24.1 Å². The van der Waals surface area contributed by atoms with E-state index in [1.54, 1.807) is 6.07 Å². The molecule has 0 aromatic heterocycles. The molecule has 0 radical (unpaired) electrons. The molecule has 0 bridgehead atoms. The minimum atomic E-state index is -0.387. The Bertz CT molecular complexity index is 500. The zero-order valence-electron chi connectivity index (χ0n) is 11.9. The molecule has 1 aliphatic rings. The van der Waals surface area contributed by atoms with Crippen molar-refractivity contribution in [2.24, 2.45) is 0 Å². The van der Waals surface area contributed by atoms with Crippen LogP contribution in [0, 0.1) is 17.1 Å². The Labute approximate surface area is 119 Å². The average Bonchev–Trinajstić information content (AvgIpc) is 2.46. The molecule has 1 fully saturated rings. The molecule has 1 N–H and O–H groups in total. The summed E-state index contributed by atoms with van der Waals surface area (Å²) in [4.78, 5) is 2.38. The van der Waals surface area contributed by atoms with Gasteiger partial charge in [0, 0.05) is 25.2 Å². The minimum Gasteiger partial charge on any atom is -0.382 e. The quantitative estimate of drug-likeness (QED) is 0.916. The predicted molar refractivity (Wildman–Crippen MR) is 76.1 cm³/mol. The molecule has 1 heterocycles. The first-order chi connectivity index (χ1) is 9.61. The fourth-order valence-electron chi connectivity index (χ4n) is 2.53. The van der Waals surface area contributed by atoms with E-state index in [1.165, 1.54) is 12.1 Å². The summed E-state index contributed by atoms with van der Waals surface area (Å²) in [6.45, 7) is 7.43. The molecular weight excluding hydrogens is 257 g/mol. The number of anilines is 1. The molecule has 2 rings (SSSR count). The Morgan fingerprint density at radius 1 is 1.60 bits per heavy atom. The smallest absolute Gasteiger partial charge is 0.124 e. The highest BCUT2D eigenvalue weighted by atomic mass is 19.1. The van der Waals surface area contributed by atoms with Crippen molar-refractivity contribution in [3.63, 3.8) is 0 Å². The van der Waals surface area contributed by atoms with Crippen LogP contribution in [-0.4, -0.2) is 43.3 Å². The lowest BCUT2D eigenvalue weighted by Crippen LogP contribution is -2.50. The third kappa shape index (κ3) is 3.47. The number of nitriles is 1. The van der Waals surface area contributed by atoms with E-state index in [0.29, 0.717) is 29.9 Å². The number of nitrogens with zero attached hydrogens (tertiary/aromatic N) is 2. The molecule has 1 aliphatic heterocycles. The van der Waals surface area contributed by atoms with Crippen LogP contribution >= 0.6 is 0 Å². The Morgan fingerprint density at radius 3 is 3.10 bits per heavy atom. The van der Waals surface area contributed by atoms with Crippen molar-refractivity contribution < 1.29 is 9.13 Å². The highest BCUT2D eigenvalue weighted by molar-refractivity contribution is 5.57. The second-order valence-corrected chi connectivity index (χ2v) is 5.19. The number of morpholine rings is 1. The van der Waals surface area contributed by atoms with Gasteiger partial charge in [0.2, 0.25) is 0 Å². The molecule has 20 heavy (non-hydrogen) atoms. The summed E-state index contributed by atoms with van der Waals surface area (Å²) in [7, 11) is 0. The maximum atomic E-state index is 13.1. The van der Waals surface area contributed by atoms with Crippen LogP contribution in [0.5, 0.6) is 0 Å². The molecule has 0 saturated carbocycles. The van der Waals surface area contributed by atoms with Gasteiger partial charge in [-0.1, -0.05) is 0 Å². The van der Waals surface area contributed by atoms with Gasteiger partial charge in [0.15, 0.2) is 0 Å². The summed E-state index contributed by atoms with van der Waals surface area (Å²) in [6, 6.07) is 6.96. The van der Waals surface area contributed by atoms with Gasteiger partial charge >= 0.3 is 0 Å². The van der Waals surface area contributed by atoms with Gasteiger partial charge in [-0.25, -0.2) is 4.39 Å². The van der Waals surface area contributed by atoms with E-state index >= 15 is 0 Å². The molecular formula is C15H20FN3O. The number of rotatable bonds is 4. The van der Waals surface area contributed by atoms with Crippen LogP contribution in [0.1, 0.15) is 19.4 Å². The van der Waals surface area contributed by atoms with E-state index in [-0.39, 0.29) is 5.82 Å². The first kappa shape index (κ1) is 14.8. The predicted octanol–water partition coefficient (Wildman–Crippen LogP) is 2.22. The second-order valence-electron chi connectivity index (χ2n) is 5.19. The molecule has 108 valence electrons. The Hall–Kier alpha value is -1.64. The molecule has 1 aromatic rings. The number of nitrogens with one attached hydrogen (secondary N) is 1. The van der Waals surface area contributed by atoms with E-state index in [1.807, 2.05) is 6.07 Å². The van der Waals surface area contributed by atoms with E-state index < -0.39 is 0 Å². The zero-order valence-corrected chi connectivity index (χ0v) is 11.9. The lowest BCUT2D eigenvalue weighted by molar-refractivity contribution is -0.0159. The fraction of sp³-hybridized carbons (Fsp3) is 0.533. The Kier molecular flexibility index (Phi) is 4.94. The molecule has 0 spiro atoms. The molecule has 5 heteroatoms. The molecule has 0 amide bonds. The maximum absolute atomic E-state index is 13.1. The van der Waals surface area contributed by atoms with Crippen molar-refractivity contribution in [1.82, 2.24) is 4.90 Å². The second kappa shape index (κ2) is 6.69. The third-order valence-corrected chi connectivity index (χ3v) is 3.68. The van der Waals surface area contributed by atoms with Gasteiger partial charge < -0.3 is 10.1 Å². The molecule has 4 nitrogen and oxygen atoms in total. The van der Waals surface area contributed by atoms with Crippen molar-refractivity contribution in [3.05, 3.63) is 29.6 Å². The fourth-order valence-corrected chi connectivity index (χ4v) is 2.53. The van der Waals surface area contributed by atoms with E-state index in [4.69, 9.17) is 10.00 Å². The van der Waals surface area contributed by atoms with Crippen LogP contribution in [0.15, 0.2) is 18.2 Å². The Morgan fingerprint density at radius 2 is 2.40 bits per heavy atom. The van der Waals surface area contributed by atoms with E-state index in [0.717, 1.165) is 19.8 Å². The van der Waals surface area contributed by atoms with Crippen molar-refractivity contribution in [1.29, 1.82) is 5.26 Å². The Balaban J connectivity index is 1.96. The van der Waals surface area contributed by atoms with Crippen LogP contribution in [0.3, 0.4) is 0 Å². The molecule has 1 aromatic carbocycles. The molecule has 0 aliphatic carbocycles. The van der Waals surface area contributed by atoms with Gasteiger partial charge in [-0.3, -0.25) is 4.90 Å². The summed E-state index contributed by atoms with van der Waals surface area (Å²) in [5, 5.41) is 12.3. The van der Waals surface area contributed by atoms with Crippen LogP contribution in [0.25, 0.3) is 0 Å². The van der Waals surface area contributed by atoms with Crippen molar-refractivity contribution in [3.8, 4) is 6.07 Å². The summed E-state index contributed by atoms with van der Waals surface area (Å²) in [5.41, 5.74) is 1.02.